The molecule has 0 aliphatic carbocycles. The highest BCUT2D eigenvalue weighted by atomic mass is 16.5. The molecule has 2 unspecified atom stereocenters. The quantitative estimate of drug-likeness (QED) is 0.856. The maximum absolute atomic E-state index is 12.1. The Balaban J connectivity index is 2.10. The van der Waals surface area contributed by atoms with Gasteiger partial charge in [0.15, 0.2) is 0 Å². The van der Waals surface area contributed by atoms with Gasteiger partial charge in [-0.1, -0.05) is 18.2 Å². The molecule has 4 nitrogen and oxygen atoms in total. The average Bonchev–Trinajstić information content (AvgIpc) is 2.92. The first kappa shape index (κ1) is 13.1. The summed E-state index contributed by atoms with van der Waals surface area (Å²) in [6, 6.07) is 8.10. The number of hydrogen-bond donors (Lipinski definition) is 2. The molecule has 1 heterocycles. The second-order valence-electron chi connectivity index (χ2n) is 4.65. The van der Waals surface area contributed by atoms with E-state index in [0.717, 1.165) is 17.7 Å². The van der Waals surface area contributed by atoms with Crippen LogP contribution in [0.3, 0.4) is 0 Å². The zero-order valence-electron chi connectivity index (χ0n) is 10.9. The summed E-state index contributed by atoms with van der Waals surface area (Å²) in [5, 5.41) is 6.20. The zero-order valence-corrected chi connectivity index (χ0v) is 10.9. The van der Waals surface area contributed by atoms with Crippen molar-refractivity contribution >= 4 is 11.6 Å². The summed E-state index contributed by atoms with van der Waals surface area (Å²) in [4.78, 5) is 12.1. The van der Waals surface area contributed by atoms with Crippen molar-refractivity contribution in [1.29, 1.82) is 0 Å². The third kappa shape index (κ3) is 2.89. The van der Waals surface area contributed by atoms with E-state index in [-0.39, 0.29) is 17.9 Å². The summed E-state index contributed by atoms with van der Waals surface area (Å²) < 4.78 is 5.24. The van der Waals surface area contributed by atoms with Gasteiger partial charge >= 0.3 is 0 Å². The second-order valence-corrected chi connectivity index (χ2v) is 4.65. The Bertz CT molecular complexity index is 414. The van der Waals surface area contributed by atoms with E-state index in [0.29, 0.717) is 13.2 Å². The molecule has 98 valence electrons. The van der Waals surface area contributed by atoms with Crippen LogP contribution in [-0.2, 0) is 9.53 Å². The predicted octanol–water partition coefficient (Wildman–Crippen LogP) is 1.94. The first-order valence-corrected chi connectivity index (χ1v) is 6.37. The van der Waals surface area contributed by atoms with Crippen molar-refractivity contribution in [3.05, 3.63) is 29.8 Å². The van der Waals surface area contributed by atoms with E-state index in [1.54, 1.807) is 0 Å². The lowest BCUT2D eigenvalue weighted by atomic mass is 10.0. The Morgan fingerprint density at radius 3 is 2.89 bits per heavy atom. The molecular weight excluding hydrogens is 228 g/mol. The fourth-order valence-corrected chi connectivity index (χ4v) is 2.12. The van der Waals surface area contributed by atoms with Crippen LogP contribution in [0.2, 0.25) is 0 Å². The predicted molar refractivity (Wildman–Crippen MR) is 71.5 cm³/mol. The molecule has 0 spiro atoms. The Hall–Kier alpha value is -1.39. The lowest BCUT2D eigenvalue weighted by Crippen LogP contribution is -2.24. The number of anilines is 1. The van der Waals surface area contributed by atoms with Gasteiger partial charge in [-0.05, 0) is 32.0 Å². The number of carbonyl (C=O) groups is 1. The Kier molecular flexibility index (Phi) is 4.33. The summed E-state index contributed by atoms with van der Waals surface area (Å²) in [5.41, 5.74) is 1.99. The van der Waals surface area contributed by atoms with Crippen molar-refractivity contribution in [2.45, 2.75) is 19.4 Å². The highest BCUT2D eigenvalue weighted by Gasteiger charge is 2.24. The number of ether oxygens (including phenoxy) is 1. The van der Waals surface area contributed by atoms with Gasteiger partial charge in [-0.3, -0.25) is 4.79 Å². The molecule has 1 fully saturated rings. The Morgan fingerprint density at radius 2 is 2.22 bits per heavy atom. The molecule has 2 atom stereocenters. The van der Waals surface area contributed by atoms with Crippen LogP contribution in [0, 0.1) is 5.92 Å². The first-order valence-electron chi connectivity index (χ1n) is 6.37. The van der Waals surface area contributed by atoms with Crippen molar-refractivity contribution in [3.63, 3.8) is 0 Å². The highest BCUT2D eigenvalue weighted by molar-refractivity contribution is 5.93. The van der Waals surface area contributed by atoms with E-state index in [2.05, 4.69) is 17.6 Å². The standard InChI is InChI=1S/C14H20N2O2/c1-10(15-2)12-5-3-4-6-13(12)16-14(17)11-7-8-18-9-11/h3-6,10-11,15H,7-9H2,1-2H3,(H,16,17). The van der Waals surface area contributed by atoms with Crippen LogP contribution in [0.25, 0.3) is 0 Å². The van der Waals surface area contributed by atoms with Crippen LogP contribution in [0.5, 0.6) is 0 Å². The number of hydrogen-bond acceptors (Lipinski definition) is 3. The molecule has 2 N–H and O–H groups in total. The van der Waals surface area contributed by atoms with E-state index in [1.807, 2.05) is 31.3 Å². The number of rotatable bonds is 4. The number of carbonyl (C=O) groups excluding carboxylic acids is 1. The Labute approximate surface area is 108 Å². The summed E-state index contributed by atoms with van der Waals surface area (Å²) in [6.45, 7) is 3.30. The molecule has 1 aromatic rings. The minimum atomic E-state index is -0.0112. The third-order valence-electron chi connectivity index (χ3n) is 3.42. The van der Waals surface area contributed by atoms with Crippen LogP contribution in [0.4, 0.5) is 5.69 Å². The SMILES string of the molecule is CNC(C)c1ccccc1NC(=O)C1CCOC1. The van der Waals surface area contributed by atoms with Gasteiger partial charge in [0, 0.05) is 18.3 Å². The van der Waals surface area contributed by atoms with Gasteiger partial charge in [-0.25, -0.2) is 0 Å². The summed E-state index contributed by atoms with van der Waals surface area (Å²) >= 11 is 0. The van der Waals surface area contributed by atoms with E-state index in [9.17, 15) is 4.79 Å². The van der Waals surface area contributed by atoms with Gasteiger partial charge in [-0.15, -0.1) is 0 Å². The van der Waals surface area contributed by atoms with E-state index < -0.39 is 0 Å². The molecule has 0 radical (unpaired) electrons. The fraction of sp³-hybridized carbons (Fsp3) is 0.500. The highest BCUT2D eigenvalue weighted by Crippen LogP contribution is 2.23. The van der Waals surface area contributed by atoms with Crippen molar-refractivity contribution in [2.24, 2.45) is 5.92 Å². The molecule has 4 heteroatoms. The molecule has 18 heavy (non-hydrogen) atoms. The number of benzene rings is 1. The van der Waals surface area contributed by atoms with Crippen LogP contribution in [0.1, 0.15) is 24.9 Å². The largest absolute Gasteiger partial charge is 0.381 e. The molecule has 1 aromatic carbocycles. The molecule has 0 saturated carbocycles. The van der Waals surface area contributed by atoms with Gasteiger partial charge in [0.25, 0.3) is 0 Å². The summed E-state index contributed by atoms with van der Waals surface area (Å²) in [7, 11) is 1.91. The topological polar surface area (TPSA) is 50.4 Å². The molecule has 1 amide bonds. The molecular formula is C14H20N2O2. The van der Waals surface area contributed by atoms with Crippen molar-refractivity contribution < 1.29 is 9.53 Å². The minimum absolute atomic E-state index is 0.0112. The maximum Gasteiger partial charge on any atom is 0.229 e. The summed E-state index contributed by atoms with van der Waals surface area (Å²) in [5.74, 6) is 0.0474. The van der Waals surface area contributed by atoms with Crippen molar-refractivity contribution in [2.75, 3.05) is 25.6 Å². The lowest BCUT2D eigenvalue weighted by molar-refractivity contribution is -0.119. The van der Waals surface area contributed by atoms with Crippen molar-refractivity contribution in [3.8, 4) is 0 Å². The Morgan fingerprint density at radius 1 is 1.44 bits per heavy atom. The normalized spacial score (nSPS) is 20.7. The monoisotopic (exact) mass is 248 g/mol. The molecule has 1 aliphatic heterocycles. The smallest absolute Gasteiger partial charge is 0.229 e. The molecule has 0 bridgehead atoms. The molecule has 1 saturated heterocycles. The van der Waals surface area contributed by atoms with Gasteiger partial charge < -0.3 is 15.4 Å². The van der Waals surface area contributed by atoms with E-state index in [1.165, 1.54) is 0 Å². The van der Waals surface area contributed by atoms with Gasteiger partial charge in [0.2, 0.25) is 5.91 Å². The number of amides is 1. The van der Waals surface area contributed by atoms with Crippen molar-refractivity contribution in [1.82, 2.24) is 5.32 Å². The van der Waals surface area contributed by atoms with Crippen LogP contribution >= 0.6 is 0 Å². The second kappa shape index (κ2) is 5.98. The van der Waals surface area contributed by atoms with Gasteiger partial charge in [0.1, 0.15) is 0 Å². The number of para-hydroxylation sites is 1. The molecule has 1 aliphatic rings. The van der Waals surface area contributed by atoms with Crippen LogP contribution < -0.4 is 10.6 Å². The maximum atomic E-state index is 12.1. The molecule has 0 aromatic heterocycles. The zero-order chi connectivity index (χ0) is 13.0. The minimum Gasteiger partial charge on any atom is -0.381 e. The van der Waals surface area contributed by atoms with Crippen LogP contribution in [-0.4, -0.2) is 26.2 Å². The van der Waals surface area contributed by atoms with Crippen LogP contribution in [0.15, 0.2) is 24.3 Å². The van der Waals surface area contributed by atoms with Gasteiger partial charge in [0.05, 0.1) is 12.5 Å². The third-order valence-corrected chi connectivity index (χ3v) is 3.42. The van der Waals surface area contributed by atoms with E-state index >= 15 is 0 Å². The summed E-state index contributed by atoms with van der Waals surface area (Å²) in [6.07, 6.45) is 0.815. The number of nitrogens with one attached hydrogen (secondary N) is 2. The fourth-order valence-electron chi connectivity index (χ4n) is 2.12. The van der Waals surface area contributed by atoms with Gasteiger partial charge in [-0.2, -0.15) is 0 Å². The van der Waals surface area contributed by atoms with E-state index in [4.69, 9.17) is 4.74 Å². The molecule has 2 rings (SSSR count). The average molecular weight is 248 g/mol. The first-order chi connectivity index (χ1) is 8.72. The lowest BCUT2D eigenvalue weighted by Gasteiger charge is -2.17.